The van der Waals surface area contributed by atoms with Crippen molar-refractivity contribution >= 4 is 17.8 Å². The van der Waals surface area contributed by atoms with Crippen LogP contribution in [0.15, 0.2) is 28.0 Å². The number of ether oxygens (including phenoxy) is 1. The van der Waals surface area contributed by atoms with E-state index in [1.54, 1.807) is 25.1 Å². The SMILES string of the molecule is COc1cc(-n2[nH]c(C)c(C=NC(CO)(CO)CO)c2=O)ccc1Cl. The highest BCUT2D eigenvalue weighted by molar-refractivity contribution is 6.32. The number of aliphatic hydroxyl groups excluding tert-OH is 3. The molecule has 0 amide bonds. The molecule has 9 heteroatoms. The summed E-state index contributed by atoms with van der Waals surface area (Å²) in [6.45, 7) is 0.0263. The van der Waals surface area contributed by atoms with E-state index in [9.17, 15) is 20.1 Å². The Morgan fingerprint density at radius 2 is 1.96 bits per heavy atom. The number of benzene rings is 1. The van der Waals surface area contributed by atoms with Gasteiger partial charge < -0.3 is 20.1 Å². The number of aliphatic imine (C=N–C) groups is 1. The molecule has 2 rings (SSSR count). The zero-order valence-electron chi connectivity index (χ0n) is 13.9. The van der Waals surface area contributed by atoms with E-state index in [0.29, 0.717) is 22.2 Å². The molecule has 8 nitrogen and oxygen atoms in total. The first-order chi connectivity index (χ1) is 11.9. The van der Waals surface area contributed by atoms with E-state index in [-0.39, 0.29) is 11.1 Å². The first-order valence-corrected chi connectivity index (χ1v) is 7.82. The highest BCUT2D eigenvalue weighted by atomic mass is 35.5. The molecule has 0 bridgehead atoms. The Kier molecular flexibility index (Phi) is 6.02. The van der Waals surface area contributed by atoms with E-state index in [0.717, 1.165) is 0 Å². The molecule has 25 heavy (non-hydrogen) atoms. The van der Waals surface area contributed by atoms with Crippen molar-refractivity contribution in [3.05, 3.63) is 44.8 Å². The van der Waals surface area contributed by atoms with Gasteiger partial charge in [0.05, 0.1) is 43.2 Å². The molecule has 0 fully saturated rings. The van der Waals surface area contributed by atoms with Crippen LogP contribution in [-0.4, -0.2) is 63.8 Å². The van der Waals surface area contributed by atoms with E-state index < -0.39 is 25.4 Å². The number of nitrogens with one attached hydrogen (secondary N) is 1. The smallest absolute Gasteiger partial charge is 0.280 e. The fourth-order valence-electron chi connectivity index (χ4n) is 2.15. The van der Waals surface area contributed by atoms with E-state index in [2.05, 4.69) is 10.1 Å². The van der Waals surface area contributed by atoms with Crippen LogP contribution >= 0.6 is 11.6 Å². The van der Waals surface area contributed by atoms with Gasteiger partial charge in [-0.05, 0) is 19.1 Å². The number of aliphatic hydroxyl groups is 3. The summed E-state index contributed by atoms with van der Waals surface area (Å²) < 4.78 is 6.45. The Morgan fingerprint density at radius 3 is 2.52 bits per heavy atom. The zero-order valence-corrected chi connectivity index (χ0v) is 14.6. The minimum absolute atomic E-state index is 0.244. The van der Waals surface area contributed by atoms with E-state index in [1.807, 2.05) is 0 Å². The molecule has 0 atom stereocenters. The average molecular weight is 370 g/mol. The molecule has 0 saturated carbocycles. The largest absolute Gasteiger partial charge is 0.495 e. The Hall–Kier alpha value is -2.13. The zero-order chi connectivity index (χ0) is 18.6. The Morgan fingerprint density at radius 1 is 1.32 bits per heavy atom. The molecule has 136 valence electrons. The van der Waals surface area contributed by atoms with Gasteiger partial charge in [0.15, 0.2) is 0 Å². The molecule has 4 N–H and O–H groups in total. The number of halogens is 1. The fraction of sp³-hybridized carbons (Fsp3) is 0.375. The predicted molar refractivity (Wildman–Crippen MR) is 94.3 cm³/mol. The van der Waals surface area contributed by atoms with Crippen LogP contribution < -0.4 is 10.3 Å². The van der Waals surface area contributed by atoms with Gasteiger partial charge in [0, 0.05) is 18.0 Å². The van der Waals surface area contributed by atoms with Gasteiger partial charge in [-0.1, -0.05) is 11.6 Å². The molecule has 0 aliphatic heterocycles. The third-order valence-electron chi connectivity index (χ3n) is 3.86. The van der Waals surface area contributed by atoms with Gasteiger partial charge in [0.25, 0.3) is 5.56 Å². The molecule has 0 unspecified atom stereocenters. The van der Waals surface area contributed by atoms with Crippen molar-refractivity contribution in [3.8, 4) is 11.4 Å². The van der Waals surface area contributed by atoms with Crippen molar-refractivity contribution in [2.45, 2.75) is 12.5 Å². The minimum atomic E-state index is -1.44. The number of rotatable bonds is 7. The number of methoxy groups -OCH3 is 1. The highest BCUT2D eigenvalue weighted by Crippen LogP contribution is 2.26. The average Bonchev–Trinajstić information content (AvgIpc) is 2.91. The van der Waals surface area contributed by atoms with E-state index in [4.69, 9.17) is 16.3 Å². The van der Waals surface area contributed by atoms with Crippen LogP contribution in [0.5, 0.6) is 5.75 Å². The van der Waals surface area contributed by atoms with Crippen molar-refractivity contribution in [2.24, 2.45) is 4.99 Å². The summed E-state index contributed by atoms with van der Waals surface area (Å²) in [7, 11) is 1.48. The monoisotopic (exact) mass is 369 g/mol. The van der Waals surface area contributed by atoms with Gasteiger partial charge >= 0.3 is 0 Å². The van der Waals surface area contributed by atoms with Crippen molar-refractivity contribution in [3.63, 3.8) is 0 Å². The van der Waals surface area contributed by atoms with Crippen LogP contribution in [-0.2, 0) is 0 Å². The molecule has 0 saturated heterocycles. The third-order valence-corrected chi connectivity index (χ3v) is 4.17. The van der Waals surface area contributed by atoms with Crippen LogP contribution in [0, 0.1) is 6.92 Å². The van der Waals surface area contributed by atoms with Gasteiger partial charge in [0.1, 0.15) is 11.3 Å². The number of hydrogen-bond acceptors (Lipinski definition) is 6. The minimum Gasteiger partial charge on any atom is -0.495 e. The van der Waals surface area contributed by atoms with Gasteiger partial charge in [0.2, 0.25) is 0 Å². The first kappa shape index (κ1) is 19.2. The van der Waals surface area contributed by atoms with E-state index in [1.165, 1.54) is 18.0 Å². The van der Waals surface area contributed by atoms with Crippen molar-refractivity contribution in [1.29, 1.82) is 0 Å². The Bertz CT molecular complexity index is 815. The molecular formula is C16H20ClN3O5. The van der Waals surface area contributed by atoms with Crippen LogP contribution in [0.4, 0.5) is 0 Å². The van der Waals surface area contributed by atoms with Crippen LogP contribution in [0.2, 0.25) is 5.02 Å². The topological polar surface area (TPSA) is 120 Å². The lowest BCUT2D eigenvalue weighted by molar-refractivity contribution is 0.0718. The van der Waals surface area contributed by atoms with Crippen LogP contribution in [0.1, 0.15) is 11.3 Å². The summed E-state index contributed by atoms with van der Waals surface area (Å²) in [6, 6.07) is 4.88. The normalized spacial score (nSPS) is 12.1. The summed E-state index contributed by atoms with van der Waals surface area (Å²) in [5, 5.41) is 31.3. The second-order valence-corrected chi connectivity index (χ2v) is 5.97. The summed E-state index contributed by atoms with van der Waals surface area (Å²) in [5.74, 6) is 0.424. The van der Waals surface area contributed by atoms with Crippen molar-refractivity contribution < 1.29 is 20.1 Å². The molecule has 1 aromatic heterocycles. The summed E-state index contributed by atoms with van der Waals surface area (Å²) in [4.78, 5) is 16.6. The maximum Gasteiger partial charge on any atom is 0.280 e. The standard InChI is InChI=1S/C16H20ClN3O5/c1-10-12(6-18-16(7-21,8-22)9-23)15(24)20(19-10)11-3-4-13(17)14(5-11)25-2/h3-6,19,21-23H,7-9H2,1-2H3. The quantitative estimate of drug-likeness (QED) is 0.522. The number of aryl methyl sites for hydroxylation is 1. The molecule has 0 aliphatic carbocycles. The van der Waals surface area contributed by atoms with Crippen molar-refractivity contribution in [1.82, 2.24) is 9.78 Å². The first-order valence-electron chi connectivity index (χ1n) is 7.44. The third kappa shape index (κ3) is 3.77. The van der Waals surface area contributed by atoms with Gasteiger partial charge in [-0.25, -0.2) is 4.68 Å². The highest BCUT2D eigenvalue weighted by Gasteiger charge is 2.26. The van der Waals surface area contributed by atoms with Gasteiger partial charge in [-0.15, -0.1) is 0 Å². The molecule has 0 radical (unpaired) electrons. The fourth-order valence-corrected chi connectivity index (χ4v) is 2.35. The predicted octanol–water partition coefficient (Wildman–Crippen LogP) is 0.271. The molecule has 0 spiro atoms. The second kappa shape index (κ2) is 7.83. The molecular weight excluding hydrogens is 350 g/mol. The second-order valence-electron chi connectivity index (χ2n) is 5.57. The molecule has 1 heterocycles. The Balaban J connectivity index is 2.47. The summed E-state index contributed by atoms with van der Waals surface area (Å²) in [5.41, 5.74) is -0.524. The number of H-pyrrole nitrogens is 1. The Labute approximate surface area is 149 Å². The number of aromatic nitrogens is 2. The lowest BCUT2D eigenvalue weighted by Crippen LogP contribution is -2.40. The summed E-state index contributed by atoms with van der Waals surface area (Å²) in [6.07, 6.45) is 1.24. The maximum atomic E-state index is 12.6. The number of nitrogens with zero attached hydrogens (tertiary/aromatic N) is 2. The van der Waals surface area contributed by atoms with Crippen LogP contribution in [0.3, 0.4) is 0 Å². The van der Waals surface area contributed by atoms with Gasteiger partial charge in [-0.3, -0.25) is 14.9 Å². The lowest BCUT2D eigenvalue weighted by Gasteiger charge is -2.21. The van der Waals surface area contributed by atoms with Crippen LogP contribution in [0.25, 0.3) is 5.69 Å². The van der Waals surface area contributed by atoms with E-state index >= 15 is 0 Å². The number of hydrogen-bond donors (Lipinski definition) is 4. The molecule has 1 aromatic carbocycles. The summed E-state index contributed by atoms with van der Waals surface area (Å²) >= 11 is 5.99. The maximum absolute atomic E-state index is 12.6. The number of aromatic amines is 1. The van der Waals surface area contributed by atoms with Gasteiger partial charge in [-0.2, -0.15) is 0 Å². The van der Waals surface area contributed by atoms with Crippen molar-refractivity contribution in [2.75, 3.05) is 26.9 Å². The molecule has 2 aromatic rings. The lowest BCUT2D eigenvalue weighted by atomic mass is 10.1. The molecule has 0 aliphatic rings.